The van der Waals surface area contributed by atoms with Crippen molar-refractivity contribution in [3.63, 3.8) is 0 Å². The highest BCUT2D eigenvalue weighted by atomic mass is 14.9. The first kappa shape index (κ1) is 17.0. The molecule has 0 aromatic heterocycles. The molecule has 0 aliphatic carbocycles. The highest BCUT2D eigenvalue weighted by molar-refractivity contribution is 4.88. The number of rotatable bonds is 4. The van der Waals surface area contributed by atoms with E-state index in [4.69, 9.17) is 0 Å². The molecule has 0 saturated carbocycles. The minimum atomic E-state index is 0.320. The van der Waals surface area contributed by atoms with Gasteiger partial charge in [-0.25, -0.2) is 0 Å². The lowest BCUT2D eigenvalue weighted by Crippen LogP contribution is -2.45. The van der Waals surface area contributed by atoms with Crippen LogP contribution in [-0.2, 0) is 0 Å². The summed E-state index contributed by atoms with van der Waals surface area (Å²) >= 11 is 0. The molecule has 0 radical (unpaired) electrons. The third-order valence-corrected chi connectivity index (χ3v) is 5.19. The Kier molecular flexibility index (Phi) is 4.90. The first-order valence-electron chi connectivity index (χ1n) is 6.91. The molecule has 0 aliphatic rings. The summed E-state index contributed by atoms with van der Waals surface area (Å²) in [6.45, 7) is 25.5. The summed E-state index contributed by atoms with van der Waals surface area (Å²) in [4.78, 5) is 0. The third-order valence-electron chi connectivity index (χ3n) is 5.19. The van der Waals surface area contributed by atoms with Crippen molar-refractivity contribution < 1.29 is 0 Å². The Hall–Kier alpha value is -0.0400. The fraction of sp³-hybridized carbons (Fsp3) is 1.00. The van der Waals surface area contributed by atoms with Gasteiger partial charge in [0.15, 0.2) is 0 Å². The Morgan fingerprint density at radius 3 is 0.941 bits per heavy atom. The van der Waals surface area contributed by atoms with Crippen LogP contribution < -0.4 is 5.32 Å². The molecule has 0 aromatic rings. The fourth-order valence-corrected chi connectivity index (χ4v) is 1.22. The van der Waals surface area contributed by atoms with E-state index in [0.29, 0.717) is 21.7 Å². The van der Waals surface area contributed by atoms with Crippen LogP contribution in [0.1, 0.15) is 69.2 Å². The van der Waals surface area contributed by atoms with E-state index in [2.05, 4.69) is 74.6 Å². The van der Waals surface area contributed by atoms with Crippen LogP contribution in [-0.4, -0.2) is 13.1 Å². The largest absolute Gasteiger partial charge is 0.316 e. The Balaban J connectivity index is 4.36. The smallest absolute Gasteiger partial charge is 0.000776 e. The zero-order valence-electron chi connectivity index (χ0n) is 13.9. The highest BCUT2D eigenvalue weighted by Gasteiger charge is 2.35. The summed E-state index contributed by atoms with van der Waals surface area (Å²) in [5.74, 6) is 0. The number of nitrogens with one attached hydrogen (secondary N) is 1. The van der Waals surface area contributed by atoms with Crippen molar-refractivity contribution in [3.05, 3.63) is 0 Å². The number of hydrogen-bond acceptors (Lipinski definition) is 1. The summed E-state index contributed by atoms with van der Waals surface area (Å²) in [7, 11) is 0. The Bertz CT molecular complexity index is 209. The predicted octanol–water partition coefficient (Wildman–Crippen LogP) is 4.72. The van der Waals surface area contributed by atoms with Crippen LogP contribution >= 0.6 is 0 Å². The zero-order valence-corrected chi connectivity index (χ0v) is 13.9. The van der Waals surface area contributed by atoms with Crippen molar-refractivity contribution in [1.82, 2.24) is 5.32 Å². The lowest BCUT2D eigenvalue weighted by molar-refractivity contribution is 0.0970. The Morgan fingerprint density at radius 1 is 0.529 bits per heavy atom. The molecule has 0 amide bonds. The molecule has 0 aromatic carbocycles. The Morgan fingerprint density at radius 2 is 0.765 bits per heavy atom. The molecule has 0 bridgehead atoms. The third kappa shape index (κ3) is 4.62. The van der Waals surface area contributed by atoms with E-state index >= 15 is 0 Å². The Labute approximate surface area is 110 Å². The van der Waals surface area contributed by atoms with Crippen molar-refractivity contribution in [2.75, 3.05) is 13.1 Å². The van der Waals surface area contributed by atoms with Gasteiger partial charge in [0.1, 0.15) is 0 Å². The van der Waals surface area contributed by atoms with Gasteiger partial charge in [-0.05, 0) is 21.7 Å². The molecule has 0 atom stereocenters. The van der Waals surface area contributed by atoms with Crippen LogP contribution in [0.15, 0.2) is 0 Å². The fourth-order valence-electron chi connectivity index (χ4n) is 1.22. The van der Waals surface area contributed by atoms with Crippen molar-refractivity contribution in [2.24, 2.45) is 21.7 Å². The summed E-state index contributed by atoms with van der Waals surface area (Å²) < 4.78 is 0. The van der Waals surface area contributed by atoms with Gasteiger partial charge in [-0.3, -0.25) is 0 Å². The molecule has 0 rings (SSSR count). The van der Waals surface area contributed by atoms with E-state index < -0.39 is 0 Å². The van der Waals surface area contributed by atoms with Crippen molar-refractivity contribution in [1.29, 1.82) is 0 Å². The van der Waals surface area contributed by atoms with Gasteiger partial charge in [0.25, 0.3) is 0 Å². The molecule has 0 saturated heterocycles. The van der Waals surface area contributed by atoms with E-state index in [1.54, 1.807) is 0 Å². The molecule has 17 heavy (non-hydrogen) atoms. The quantitative estimate of drug-likeness (QED) is 0.751. The van der Waals surface area contributed by atoms with Crippen LogP contribution in [0.25, 0.3) is 0 Å². The molecule has 1 heteroatoms. The monoisotopic (exact) mass is 241 g/mol. The van der Waals surface area contributed by atoms with Gasteiger partial charge in [0.05, 0.1) is 0 Å². The molecule has 1 nitrogen and oxygen atoms in total. The maximum atomic E-state index is 3.68. The lowest BCUT2D eigenvalue weighted by Gasteiger charge is -2.42. The number of hydrogen-bond donors (Lipinski definition) is 1. The van der Waals surface area contributed by atoms with Gasteiger partial charge in [-0.15, -0.1) is 0 Å². The minimum absolute atomic E-state index is 0.320. The van der Waals surface area contributed by atoms with Crippen LogP contribution in [0.3, 0.4) is 0 Å². The van der Waals surface area contributed by atoms with Crippen LogP contribution in [0.2, 0.25) is 0 Å². The topological polar surface area (TPSA) is 12.0 Å². The molecule has 104 valence electrons. The van der Waals surface area contributed by atoms with Gasteiger partial charge in [0.2, 0.25) is 0 Å². The molecule has 0 unspecified atom stereocenters. The van der Waals surface area contributed by atoms with E-state index in [1.807, 2.05) is 0 Å². The van der Waals surface area contributed by atoms with Crippen molar-refractivity contribution >= 4 is 0 Å². The van der Waals surface area contributed by atoms with E-state index in [1.165, 1.54) is 0 Å². The molecule has 0 spiro atoms. The van der Waals surface area contributed by atoms with Crippen molar-refractivity contribution in [2.45, 2.75) is 69.2 Å². The SMILES string of the molecule is CC(C)(C)C(C)(C)CNCC(C)(C)C(C)(C)C. The molecule has 0 heterocycles. The highest BCUT2D eigenvalue weighted by Crippen LogP contribution is 2.39. The van der Waals surface area contributed by atoms with Crippen LogP contribution in [0, 0.1) is 21.7 Å². The van der Waals surface area contributed by atoms with E-state index in [9.17, 15) is 0 Å². The predicted molar refractivity (Wildman–Crippen MR) is 79.3 cm³/mol. The second kappa shape index (κ2) is 4.91. The van der Waals surface area contributed by atoms with Crippen LogP contribution in [0.5, 0.6) is 0 Å². The van der Waals surface area contributed by atoms with E-state index in [0.717, 1.165) is 13.1 Å². The first-order chi connectivity index (χ1) is 7.21. The second-order valence-corrected chi connectivity index (χ2v) is 8.87. The maximum absolute atomic E-state index is 3.68. The first-order valence-corrected chi connectivity index (χ1v) is 6.91. The second-order valence-electron chi connectivity index (χ2n) is 8.87. The molecular weight excluding hydrogens is 206 g/mol. The van der Waals surface area contributed by atoms with Gasteiger partial charge >= 0.3 is 0 Å². The zero-order chi connectivity index (χ0) is 14.1. The molecule has 0 aliphatic heterocycles. The average molecular weight is 241 g/mol. The standard InChI is InChI=1S/C16H35N/c1-13(2,3)15(7,8)11-17-12-16(9,10)14(4,5)6/h17H,11-12H2,1-10H3. The summed E-state index contributed by atoms with van der Waals surface area (Å²) in [5.41, 5.74) is 1.32. The minimum Gasteiger partial charge on any atom is -0.316 e. The summed E-state index contributed by atoms with van der Waals surface area (Å²) in [6, 6.07) is 0. The van der Waals surface area contributed by atoms with Gasteiger partial charge < -0.3 is 5.32 Å². The van der Waals surface area contributed by atoms with Gasteiger partial charge in [0, 0.05) is 13.1 Å². The van der Waals surface area contributed by atoms with Crippen LogP contribution in [0.4, 0.5) is 0 Å². The molecule has 0 fully saturated rings. The normalized spacial score (nSPS) is 15.2. The summed E-state index contributed by atoms with van der Waals surface area (Å²) in [6.07, 6.45) is 0. The van der Waals surface area contributed by atoms with Gasteiger partial charge in [-0.1, -0.05) is 69.2 Å². The van der Waals surface area contributed by atoms with E-state index in [-0.39, 0.29) is 0 Å². The van der Waals surface area contributed by atoms with Gasteiger partial charge in [-0.2, -0.15) is 0 Å². The average Bonchev–Trinajstić information content (AvgIpc) is 1.98. The molecule has 1 N–H and O–H groups in total. The molecular formula is C16H35N. The summed E-state index contributed by atoms with van der Waals surface area (Å²) in [5, 5.41) is 3.68. The lowest BCUT2D eigenvalue weighted by atomic mass is 9.67. The van der Waals surface area contributed by atoms with Crippen molar-refractivity contribution in [3.8, 4) is 0 Å². The maximum Gasteiger partial charge on any atom is 0.000776 e.